The van der Waals surface area contributed by atoms with Crippen LogP contribution in [-0.4, -0.2) is 20.8 Å². The summed E-state index contributed by atoms with van der Waals surface area (Å²) >= 11 is 0. The number of rotatable bonds is 6. The van der Waals surface area contributed by atoms with Crippen LogP contribution in [-0.2, 0) is 21.5 Å². The van der Waals surface area contributed by atoms with Crippen molar-refractivity contribution in [2.45, 2.75) is 40.0 Å². The van der Waals surface area contributed by atoms with E-state index in [9.17, 15) is 4.21 Å². The Morgan fingerprint density at radius 2 is 2.24 bits per heavy atom. The van der Waals surface area contributed by atoms with Crippen molar-refractivity contribution in [1.29, 1.82) is 0 Å². The fourth-order valence-electron chi connectivity index (χ4n) is 1.35. The minimum Gasteiger partial charge on any atom is -0.287 e. The molecule has 0 saturated heterocycles. The lowest BCUT2D eigenvalue weighted by molar-refractivity contribution is 0.378. The Morgan fingerprint density at radius 3 is 2.82 bits per heavy atom. The van der Waals surface area contributed by atoms with E-state index < -0.39 is 10.9 Å². The molecule has 1 unspecified atom stereocenters. The van der Waals surface area contributed by atoms with E-state index in [1.54, 1.807) is 13.1 Å². The van der Waals surface area contributed by atoms with Gasteiger partial charge in [-0.05, 0) is 32.3 Å². The van der Waals surface area contributed by atoms with Crippen LogP contribution in [0.15, 0.2) is 10.6 Å². The molecule has 1 heterocycles. The highest BCUT2D eigenvalue weighted by Crippen LogP contribution is 2.12. The molecule has 1 atom stereocenters. The van der Waals surface area contributed by atoms with E-state index in [1.807, 2.05) is 6.92 Å². The molecule has 0 saturated carbocycles. The van der Waals surface area contributed by atoms with Crippen LogP contribution in [0.1, 0.15) is 37.9 Å². The first-order chi connectivity index (χ1) is 8.17. The largest absolute Gasteiger partial charge is 0.287 e. The third kappa shape index (κ3) is 4.79. The van der Waals surface area contributed by atoms with E-state index in [1.165, 1.54) is 0 Å². The van der Waals surface area contributed by atoms with Crippen LogP contribution >= 0.6 is 0 Å². The molecule has 0 N–H and O–H groups in total. The summed E-state index contributed by atoms with van der Waals surface area (Å²) in [5.41, 5.74) is 2.02. The molecule has 0 aromatic carbocycles. The molecular formula is C11H19N3O2S. The molecule has 1 rings (SSSR count). The quantitative estimate of drug-likeness (QED) is 0.795. The average Bonchev–Trinajstić information content (AvgIpc) is 2.28. The van der Waals surface area contributed by atoms with Crippen LogP contribution in [0.3, 0.4) is 0 Å². The molecule has 6 heteroatoms. The van der Waals surface area contributed by atoms with Crippen molar-refractivity contribution < 1.29 is 8.39 Å². The number of nitrogens with zero attached hydrogens (tertiary/aromatic N) is 3. The minimum atomic E-state index is -2.04. The zero-order valence-electron chi connectivity index (χ0n) is 10.5. The third-order valence-electron chi connectivity index (χ3n) is 2.28. The molecule has 17 heavy (non-hydrogen) atoms. The summed E-state index contributed by atoms with van der Waals surface area (Å²) in [6.45, 7) is 6.20. The summed E-state index contributed by atoms with van der Waals surface area (Å²) in [6, 6.07) is 0. The van der Waals surface area contributed by atoms with Crippen LogP contribution in [0, 0.1) is 6.92 Å². The number of hydrogen-bond acceptors (Lipinski definition) is 5. The van der Waals surface area contributed by atoms with Crippen molar-refractivity contribution in [2.75, 3.05) is 6.61 Å². The van der Waals surface area contributed by atoms with Gasteiger partial charge < -0.3 is 0 Å². The van der Waals surface area contributed by atoms with Gasteiger partial charge in [0.15, 0.2) is 10.9 Å². The first kappa shape index (κ1) is 14.1. The Bertz CT molecular complexity index is 442. The lowest BCUT2D eigenvalue weighted by Crippen LogP contribution is -1.95. The van der Waals surface area contributed by atoms with Gasteiger partial charge in [0.1, 0.15) is 0 Å². The van der Waals surface area contributed by atoms with Gasteiger partial charge in [0.2, 0.25) is 0 Å². The van der Waals surface area contributed by atoms with Crippen LogP contribution in [0.5, 0.6) is 0 Å². The van der Waals surface area contributed by atoms with E-state index in [0.29, 0.717) is 6.61 Å². The molecule has 0 bridgehead atoms. The fraction of sp³-hybridized carbons (Fsp3) is 0.636. The lowest BCUT2D eigenvalue weighted by Gasteiger charge is -2.03. The van der Waals surface area contributed by atoms with Gasteiger partial charge in [0.05, 0.1) is 6.61 Å². The topological polar surface area (TPSA) is 64.4 Å². The Hall–Kier alpha value is -1.01. The first-order valence-corrected chi connectivity index (χ1v) is 6.94. The normalized spacial score (nSPS) is 12.9. The fourth-order valence-corrected chi connectivity index (χ4v) is 1.87. The van der Waals surface area contributed by atoms with E-state index in [0.717, 1.165) is 30.5 Å². The molecule has 0 spiro atoms. The second kappa shape index (κ2) is 7.34. The molecule has 5 nitrogen and oxygen atoms in total. The van der Waals surface area contributed by atoms with Crippen molar-refractivity contribution in [3.05, 3.63) is 17.5 Å². The summed E-state index contributed by atoms with van der Waals surface area (Å²) < 4.78 is 19.9. The van der Waals surface area contributed by atoms with Crippen LogP contribution < -0.4 is 0 Å². The van der Waals surface area contributed by atoms with E-state index in [2.05, 4.69) is 21.3 Å². The van der Waals surface area contributed by atoms with E-state index >= 15 is 0 Å². The van der Waals surface area contributed by atoms with Gasteiger partial charge in [0, 0.05) is 11.9 Å². The molecule has 0 aliphatic rings. The number of aryl methyl sites for hydroxylation is 2. The third-order valence-corrected chi connectivity index (χ3v) is 3.10. The van der Waals surface area contributed by atoms with Gasteiger partial charge in [-0.3, -0.25) is 4.18 Å². The summed E-state index contributed by atoms with van der Waals surface area (Å²) in [7, 11) is -2.04. The summed E-state index contributed by atoms with van der Waals surface area (Å²) in [5.74, 6) is 0.234. The van der Waals surface area contributed by atoms with Gasteiger partial charge in [0.25, 0.3) is 5.95 Å². The highest BCUT2D eigenvalue weighted by Gasteiger charge is 2.02. The Morgan fingerprint density at radius 1 is 1.47 bits per heavy atom. The SMILES string of the molecule is CCCCc1cnc(N=[SH](=O)OCC)nc1C. The Labute approximate surface area is 104 Å². The van der Waals surface area contributed by atoms with Crippen molar-refractivity contribution in [3.8, 4) is 0 Å². The maximum Gasteiger partial charge on any atom is 0.259 e. The highest BCUT2D eigenvalue weighted by atomic mass is 32.2. The van der Waals surface area contributed by atoms with Gasteiger partial charge in [-0.15, -0.1) is 4.36 Å². The molecule has 0 aliphatic heterocycles. The summed E-state index contributed by atoms with van der Waals surface area (Å²) in [6.07, 6.45) is 4.99. The maximum atomic E-state index is 11.3. The molecule has 0 fully saturated rings. The number of unbranched alkanes of at least 4 members (excludes halogenated alkanes) is 1. The van der Waals surface area contributed by atoms with Gasteiger partial charge in [-0.1, -0.05) is 13.3 Å². The van der Waals surface area contributed by atoms with Crippen molar-refractivity contribution >= 4 is 16.8 Å². The van der Waals surface area contributed by atoms with Crippen LogP contribution in [0.4, 0.5) is 5.95 Å². The standard InChI is InChI=1S/C11H19N3O2S/c1-4-6-7-10-8-12-11(13-9(10)3)14-17(15)16-5-2/h8,17H,4-7H2,1-3H3. The number of hydrogen-bond donors (Lipinski definition) is 1. The maximum absolute atomic E-state index is 11.3. The molecule has 0 aliphatic carbocycles. The van der Waals surface area contributed by atoms with Crippen molar-refractivity contribution in [3.63, 3.8) is 0 Å². The van der Waals surface area contributed by atoms with Crippen molar-refractivity contribution in [1.82, 2.24) is 9.97 Å². The number of aromatic nitrogens is 2. The van der Waals surface area contributed by atoms with E-state index in [4.69, 9.17) is 4.18 Å². The van der Waals surface area contributed by atoms with Gasteiger partial charge in [-0.2, -0.15) is 0 Å². The predicted octanol–water partition coefficient (Wildman–Crippen LogP) is 2.38. The Kier molecular flexibility index (Phi) is 6.07. The van der Waals surface area contributed by atoms with Gasteiger partial charge in [-0.25, -0.2) is 14.2 Å². The second-order valence-corrected chi connectivity index (χ2v) is 4.57. The zero-order valence-corrected chi connectivity index (χ0v) is 11.4. The lowest BCUT2D eigenvalue weighted by atomic mass is 10.1. The van der Waals surface area contributed by atoms with Crippen LogP contribution in [0.25, 0.3) is 0 Å². The second-order valence-electron chi connectivity index (χ2n) is 3.64. The van der Waals surface area contributed by atoms with Crippen LogP contribution in [0.2, 0.25) is 0 Å². The smallest absolute Gasteiger partial charge is 0.259 e. The van der Waals surface area contributed by atoms with Crippen molar-refractivity contribution in [2.24, 2.45) is 4.36 Å². The highest BCUT2D eigenvalue weighted by molar-refractivity contribution is 7.69. The monoisotopic (exact) mass is 257 g/mol. The zero-order chi connectivity index (χ0) is 12.7. The predicted molar refractivity (Wildman–Crippen MR) is 68.6 cm³/mol. The summed E-state index contributed by atoms with van der Waals surface area (Å²) in [5, 5.41) is 0. The molecule has 96 valence electrons. The molecule has 1 aromatic heterocycles. The average molecular weight is 257 g/mol. The van der Waals surface area contributed by atoms with Gasteiger partial charge >= 0.3 is 0 Å². The molecule has 1 aromatic rings. The minimum absolute atomic E-state index is 0.234. The number of thiol groups is 1. The molecule has 0 amide bonds. The summed E-state index contributed by atoms with van der Waals surface area (Å²) in [4.78, 5) is 8.28. The molecular weight excluding hydrogens is 238 g/mol. The molecule has 0 radical (unpaired) electrons. The first-order valence-electron chi connectivity index (χ1n) is 5.81. The Balaban J connectivity index is 2.81. The van der Waals surface area contributed by atoms with E-state index in [-0.39, 0.29) is 5.95 Å².